The molecule has 8 nitrogen and oxygen atoms in total. The van der Waals surface area contributed by atoms with E-state index in [0.717, 1.165) is 0 Å². The van der Waals surface area contributed by atoms with Crippen molar-refractivity contribution in [2.45, 2.75) is 5.66 Å². The summed E-state index contributed by atoms with van der Waals surface area (Å²) in [6.07, 6.45) is 2.73. The molecule has 1 atom stereocenters. The van der Waals surface area contributed by atoms with Crippen molar-refractivity contribution in [3.05, 3.63) is 76.2 Å². The van der Waals surface area contributed by atoms with Crippen molar-refractivity contribution in [3.63, 3.8) is 0 Å². The Morgan fingerprint density at radius 3 is 2.41 bits per heavy atom. The van der Waals surface area contributed by atoms with Crippen molar-refractivity contribution in [1.29, 1.82) is 0 Å². The monoisotopic (exact) mass is 429 g/mol. The maximum absolute atomic E-state index is 12.4. The number of amides is 1. The molecule has 1 unspecified atom stereocenters. The van der Waals surface area contributed by atoms with E-state index in [9.17, 15) is 9.59 Å². The Bertz CT molecular complexity index is 1110. The predicted octanol–water partition coefficient (Wildman–Crippen LogP) is 3.18. The first-order valence-corrected chi connectivity index (χ1v) is 9.09. The Labute approximate surface area is 175 Å². The van der Waals surface area contributed by atoms with Crippen molar-refractivity contribution < 1.29 is 14.3 Å². The molecule has 3 aromatic rings. The van der Waals surface area contributed by atoms with Gasteiger partial charge in [0.1, 0.15) is 6.33 Å². The zero-order valence-corrected chi connectivity index (χ0v) is 16.2. The molecule has 146 valence electrons. The molecule has 1 aliphatic rings. The average Bonchev–Trinajstić information content (AvgIpc) is 3.08. The molecule has 1 aromatic heterocycles. The maximum Gasteiger partial charge on any atom is 0.344 e. The van der Waals surface area contributed by atoms with Crippen LogP contribution >= 0.6 is 23.2 Å². The third-order valence-electron chi connectivity index (χ3n) is 4.36. The highest BCUT2D eigenvalue weighted by Crippen LogP contribution is 2.44. The van der Waals surface area contributed by atoms with Crippen LogP contribution in [0.25, 0.3) is 0 Å². The third kappa shape index (κ3) is 3.32. The SMILES string of the molecule is NC(=O)C1(c2c(Cl)cccc2Cl)Nc2ccc(C(=O)Oc3ccncn3)cc2N1. The van der Waals surface area contributed by atoms with Gasteiger partial charge in [-0.3, -0.25) is 4.79 Å². The first-order chi connectivity index (χ1) is 13.9. The molecule has 0 bridgehead atoms. The van der Waals surface area contributed by atoms with Gasteiger partial charge < -0.3 is 21.1 Å². The van der Waals surface area contributed by atoms with Crippen LogP contribution in [0.4, 0.5) is 11.4 Å². The number of nitrogens with zero attached hydrogens (tertiary/aromatic N) is 2. The molecule has 1 amide bonds. The largest absolute Gasteiger partial charge is 0.404 e. The molecule has 0 aliphatic carbocycles. The van der Waals surface area contributed by atoms with Crippen LogP contribution in [-0.2, 0) is 10.5 Å². The molecule has 4 N–H and O–H groups in total. The molecular weight excluding hydrogens is 417 g/mol. The topological polar surface area (TPSA) is 119 Å². The number of rotatable bonds is 4. The average molecular weight is 430 g/mol. The minimum absolute atomic E-state index is 0.117. The minimum atomic E-state index is -1.58. The normalized spacial score (nSPS) is 17.0. The third-order valence-corrected chi connectivity index (χ3v) is 4.99. The minimum Gasteiger partial charge on any atom is -0.404 e. The van der Waals surface area contributed by atoms with Gasteiger partial charge in [-0.25, -0.2) is 14.8 Å². The quantitative estimate of drug-likeness (QED) is 0.544. The fourth-order valence-electron chi connectivity index (χ4n) is 3.04. The van der Waals surface area contributed by atoms with Gasteiger partial charge in [0.2, 0.25) is 11.5 Å². The fourth-order valence-corrected chi connectivity index (χ4v) is 3.72. The van der Waals surface area contributed by atoms with Crippen LogP contribution in [0.5, 0.6) is 5.88 Å². The Balaban J connectivity index is 1.68. The first kappa shape index (κ1) is 19.0. The highest BCUT2D eigenvalue weighted by atomic mass is 35.5. The van der Waals surface area contributed by atoms with Gasteiger partial charge in [0.05, 0.1) is 27.0 Å². The number of nitrogens with two attached hydrogens (primary N) is 1. The molecule has 0 fully saturated rings. The van der Waals surface area contributed by atoms with E-state index in [1.807, 2.05) is 0 Å². The summed E-state index contributed by atoms with van der Waals surface area (Å²) in [6.45, 7) is 0. The number of primary amides is 1. The van der Waals surface area contributed by atoms with Crippen molar-refractivity contribution in [2.75, 3.05) is 10.6 Å². The summed E-state index contributed by atoms with van der Waals surface area (Å²) in [4.78, 5) is 32.5. The van der Waals surface area contributed by atoms with Crippen LogP contribution in [0.1, 0.15) is 15.9 Å². The second-order valence-corrected chi connectivity index (χ2v) is 6.97. The van der Waals surface area contributed by atoms with Gasteiger partial charge >= 0.3 is 5.97 Å². The van der Waals surface area contributed by atoms with Crippen molar-refractivity contribution >= 4 is 46.5 Å². The van der Waals surface area contributed by atoms with E-state index in [-0.39, 0.29) is 27.1 Å². The van der Waals surface area contributed by atoms with Gasteiger partial charge in [0.15, 0.2) is 0 Å². The maximum atomic E-state index is 12.4. The van der Waals surface area contributed by atoms with Gasteiger partial charge in [0, 0.05) is 17.8 Å². The Hall–Kier alpha value is -3.36. The zero-order chi connectivity index (χ0) is 20.6. The number of carbonyl (C=O) groups is 2. The van der Waals surface area contributed by atoms with Gasteiger partial charge in [0.25, 0.3) is 5.91 Å². The zero-order valence-electron chi connectivity index (χ0n) is 14.6. The first-order valence-electron chi connectivity index (χ1n) is 8.34. The number of fused-ring (bicyclic) bond motifs is 1. The lowest BCUT2D eigenvalue weighted by atomic mass is 9.99. The molecule has 0 radical (unpaired) electrons. The summed E-state index contributed by atoms with van der Waals surface area (Å²) in [5.41, 5.74) is 5.64. The molecule has 4 rings (SSSR count). The highest BCUT2D eigenvalue weighted by molar-refractivity contribution is 6.37. The number of esters is 1. The molecule has 0 saturated carbocycles. The molecule has 1 aliphatic heterocycles. The Morgan fingerprint density at radius 2 is 1.76 bits per heavy atom. The highest BCUT2D eigenvalue weighted by Gasteiger charge is 2.46. The lowest BCUT2D eigenvalue weighted by Gasteiger charge is -2.29. The van der Waals surface area contributed by atoms with E-state index < -0.39 is 17.5 Å². The van der Waals surface area contributed by atoms with E-state index in [2.05, 4.69) is 20.6 Å². The molecule has 2 aromatic carbocycles. The van der Waals surface area contributed by atoms with Crippen molar-refractivity contribution in [3.8, 4) is 5.88 Å². The molecule has 0 spiro atoms. The molecule has 10 heteroatoms. The molecule has 2 heterocycles. The number of nitrogens with one attached hydrogen (secondary N) is 2. The lowest BCUT2D eigenvalue weighted by molar-refractivity contribution is -0.121. The van der Waals surface area contributed by atoms with E-state index in [0.29, 0.717) is 11.4 Å². The number of ether oxygens (including phenoxy) is 1. The number of benzene rings is 2. The number of hydrogen-bond acceptors (Lipinski definition) is 7. The van der Waals surface area contributed by atoms with Crippen LogP contribution in [-0.4, -0.2) is 21.8 Å². The second-order valence-electron chi connectivity index (χ2n) is 6.16. The smallest absolute Gasteiger partial charge is 0.344 e. The molecular formula is C19H13Cl2N5O3. The van der Waals surface area contributed by atoms with E-state index in [1.54, 1.807) is 30.3 Å². The van der Waals surface area contributed by atoms with Gasteiger partial charge in [-0.2, -0.15) is 0 Å². The second kappa shape index (κ2) is 7.23. The summed E-state index contributed by atoms with van der Waals surface area (Å²) >= 11 is 12.6. The number of carbonyl (C=O) groups excluding carboxylic acids is 2. The Kier molecular flexibility index (Phi) is 4.73. The van der Waals surface area contributed by atoms with Crippen LogP contribution in [0.15, 0.2) is 55.0 Å². The van der Waals surface area contributed by atoms with Gasteiger partial charge in [-0.15, -0.1) is 0 Å². The fraction of sp³-hybridized carbons (Fsp3) is 0.0526. The lowest BCUT2D eigenvalue weighted by Crippen LogP contribution is -2.51. The Morgan fingerprint density at radius 1 is 1.03 bits per heavy atom. The van der Waals surface area contributed by atoms with E-state index in [4.69, 9.17) is 33.7 Å². The molecule has 0 saturated heterocycles. The van der Waals surface area contributed by atoms with E-state index in [1.165, 1.54) is 24.7 Å². The molecule has 29 heavy (non-hydrogen) atoms. The van der Waals surface area contributed by atoms with Crippen LogP contribution in [0.3, 0.4) is 0 Å². The van der Waals surface area contributed by atoms with Crippen LogP contribution < -0.4 is 21.1 Å². The van der Waals surface area contributed by atoms with Crippen molar-refractivity contribution in [2.24, 2.45) is 5.73 Å². The number of aromatic nitrogens is 2. The number of anilines is 2. The summed E-state index contributed by atoms with van der Waals surface area (Å²) < 4.78 is 5.21. The summed E-state index contributed by atoms with van der Waals surface area (Å²) in [7, 11) is 0. The summed E-state index contributed by atoms with van der Waals surface area (Å²) in [5, 5.41) is 6.56. The predicted molar refractivity (Wildman–Crippen MR) is 108 cm³/mol. The summed E-state index contributed by atoms with van der Waals surface area (Å²) in [5.74, 6) is -1.25. The van der Waals surface area contributed by atoms with E-state index >= 15 is 0 Å². The van der Waals surface area contributed by atoms with Gasteiger partial charge in [-0.1, -0.05) is 29.3 Å². The van der Waals surface area contributed by atoms with Gasteiger partial charge in [-0.05, 0) is 30.3 Å². The van der Waals surface area contributed by atoms with Crippen molar-refractivity contribution in [1.82, 2.24) is 9.97 Å². The number of halogens is 2. The van der Waals surface area contributed by atoms with Crippen LogP contribution in [0, 0.1) is 0 Å². The number of hydrogen-bond donors (Lipinski definition) is 3. The van der Waals surface area contributed by atoms with Crippen LogP contribution in [0.2, 0.25) is 10.0 Å². The summed E-state index contributed by atoms with van der Waals surface area (Å²) in [6, 6.07) is 11.0. The standard InChI is InChI=1S/C19H13Cl2N5O3/c20-11-2-1-3-12(21)16(11)19(18(22)28)25-13-5-4-10(8-14(13)26-19)17(27)29-15-6-7-23-9-24-15/h1-9,25-26H,(H2,22,28).